The van der Waals surface area contributed by atoms with E-state index in [2.05, 4.69) is 26.2 Å². The molecule has 5 heteroatoms. The molecule has 0 amide bonds. The molecule has 0 bridgehead atoms. The lowest BCUT2D eigenvalue weighted by molar-refractivity contribution is 1.36. The second-order valence-electron chi connectivity index (χ2n) is 4.37. The topological polar surface area (TPSA) is 50.9 Å². The fraction of sp³-hybridized carbons (Fsp3) is 0. The van der Waals surface area contributed by atoms with Gasteiger partial charge in [0.25, 0.3) is 0 Å². The minimum absolute atomic E-state index is 0.675. The molecule has 20 heavy (non-hydrogen) atoms. The monoisotopic (exact) mass is 347 g/mol. The first kappa shape index (κ1) is 13.2. The van der Waals surface area contributed by atoms with Crippen molar-refractivity contribution < 1.29 is 0 Å². The van der Waals surface area contributed by atoms with Crippen LogP contribution in [0.1, 0.15) is 0 Å². The van der Waals surface area contributed by atoms with Crippen molar-refractivity contribution in [2.24, 2.45) is 0 Å². The molecule has 0 atom stereocenters. The molecule has 0 fully saturated rings. The molecule has 3 aromatic rings. The molecule has 2 aromatic carbocycles. The molecule has 0 unspecified atom stereocenters. The minimum Gasteiger partial charge on any atom is -0.398 e. The minimum atomic E-state index is 0.675. The number of pyridine rings is 1. The number of rotatable bonds is 2. The summed E-state index contributed by atoms with van der Waals surface area (Å²) >= 11 is 9.54. The number of hydrogen-bond donors (Lipinski definition) is 2. The Bertz CT molecular complexity index is 789. The van der Waals surface area contributed by atoms with E-state index in [0.29, 0.717) is 5.02 Å². The maximum atomic E-state index is 6.03. The Morgan fingerprint density at radius 2 is 1.90 bits per heavy atom. The van der Waals surface area contributed by atoms with Gasteiger partial charge in [0.2, 0.25) is 0 Å². The highest BCUT2D eigenvalue weighted by Crippen LogP contribution is 2.33. The second kappa shape index (κ2) is 5.31. The van der Waals surface area contributed by atoms with Gasteiger partial charge in [0.1, 0.15) is 0 Å². The van der Waals surface area contributed by atoms with Crippen LogP contribution >= 0.6 is 27.5 Å². The Kier molecular flexibility index (Phi) is 3.51. The highest BCUT2D eigenvalue weighted by atomic mass is 79.9. The molecule has 3 N–H and O–H groups in total. The van der Waals surface area contributed by atoms with Crippen molar-refractivity contribution >= 4 is 55.4 Å². The van der Waals surface area contributed by atoms with Crippen LogP contribution in [0.3, 0.4) is 0 Å². The Morgan fingerprint density at radius 1 is 1.05 bits per heavy atom. The summed E-state index contributed by atoms with van der Waals surface area (Å²) in [5, 5.41) is 5.98. The number of nitrogens with zero attached hydrogens (tertiary/aromatic N) is 1. The van der Waals surface area contributed by atoms with Gasteiger partial charge in [0.05, 0.1) is 5.69 Å². The van der Waals surface area contributed by atoms with Crippen molar-refractivity contribution in [1.82, 2.24) is 4.98 Å². The molecule has 3 nitrogen and oxygen atoms in total. The number of nitrogens with two attached hydrogens (primary N) is 1. The zero-order valence-corrected chi connectivity index (χ0v) is 12.7. The van der Waals surface area contributed by atoms with E-state index in [0.717, 1.165) is 32.3 Å². The molecule has 0 aliphatic heterocycles. The Hall–Kier alpha value is -1.78. The third kappa shape index (κ3) is 2.44. The first-order valence-corrected chi connectivity index (χ1v) is 7.16. The molecule has 0 saturated heterocycles. The van der Waals surface area contributed by atoms with Crippen molar-refractivity contribution in [2.75, 3.05) is 11.1 Å². The number of halogens is 2. The summed E-state index contributed by atoms with van der Waals surface area (Å²) in [5.74, 6) is 0. The van der Waals surface area contributed by atoms with Gasteiger partial charge < -0.3 is 11.1 Å². The highest BCUT2D eigenvalue weighted by Gasteiger charge is 2.07. The summed E-state index contributed by atoms with van der Waals surface area (Å²) < 4.78 is 0.941. The highest BCUT2D eigenvalue weighted by molar-refractivity contribution is 9.10. The molecule has 0 aliphatic carbocycles. The lowest BCUT2D eigenvalue weighted by Gasteiger charge is -2.12. The number of nitrogen functional groups attached to an aromatic ring is 1. The number of nitrogens with one attached hydrogen (secondary N) is 1. The summed E-state index contributed by atoms with van der Waals surface area (Å²) in [4.78, 5) is 4.16. The summed E-state index contributed by atoms with van der Waals surface area (Å²) in [6.07, 6.45) is 3.53. The molecular weight excluding hydrogens is 338 g/mol. The summed E-state index contributed by atoms with van der Waals surface area (Å²) in [6, 6.07) is 11.3. The van der Waals surface area contributed by atoms with Gasteiger partial charge in [0.15, 0.2) is 0 Å². The molecule has 0 aliphatic rings. The average Bonchev–Trinajstić information content (AvgIpc) is 2.46. The molecule has 100 valence electrons. The van der Waals surface area contributed by atoms with Gasteiger partial charge in [0, 0.05) is 44.0 Å². The van der Waals surface area contributed by atoms with E-state index in [-0.39, 0.29) is 0 Å². The fourth-order valence-corrected chi connectivity index (χ4v) is 2.58. The van der Waals surface area contributed by atoms with Crippen molar-refractivity contribution in [3.05, 3.63) is 58.3 Å². The van der Waals surface area contributed by atoms with Crippen LogP contribution in [-0.4, -0.2) is 4.98 Å². The smallest absolute Gasteiger partial charge is 0.0543 e. The molecule has 3 rings (SSSR count). The van der Waals surface area contributed by atoms with Crippen LogP contribution < -0.4 is 11.1 Å². The van der Waals surface area contributed by atoms with Gasteiger partial charge in [-0.1, -0.05) is 11.6 Å². The molecule has 0 saturated carbocycles. The number of aromatic nitrogens is 1. The van der Waals surface area contributed by atoms with E-state index >= 15 is 0 Å². The summed E-state index contributed by atoms with van der Waals surface area (Å²) in [5.41, 5.74) is 8.55. The lowest BCUT2D eigenvalue weighted by Crippen LogP contribution is -1.95. The first-order chi connectivity index (χ1) is 9.65. The van der Waals surface area contributed by atoms with Gasteiger partial charge in [-0.25, -0.2) is 0 Å². The van der Waals surface area contributed by atoms with Crippen molar-refractivity contribution in [2.45, 2.75) is 0 Å². The number of fused-ring (bicyclic) bond motifs is 1. The van der Waals surface area contributed by atoms with E-state index in [1.807, 2.05) is 36.4 Å². The zero-order valence-electron chi connectivity index (χ0n) is 10.4. The van der Waals surface area contributed by atoms with Gasteiger partial charge in [-0.05, 0) is 52.3 Å². The van der Waals surface area contributed by atoms with Crippen molar-refractivity contribution in [3.8, 4) is 0 Å². The van der Waals surface area contributed by atoms with Crippen LogP contribution in [0, 0.1) is 0 Å². The van der Waals surface area contributed by atoms with E-state index < -0.39 is 0 Å². The molecule has 1 aromatic heterocycles. The maximum Gasteiger partial charge on any atom is 0.0543 e. The van der Waals surface area contributed by atoms with Crippen LogP contribution in [0.25, 0.3) is 10.8 Å². The van der Waals surface area contributed by atoms with Crippen LogP contribution in [0.2, 0.25) is 5.02 Å². The maximum absolute atomic E-state index is 6.03. The predicted molar refractivity (Wildman–Crippen MR) is 88.6 cm³/mol. The van der Waals surface area contributed by atoms with Gasteiger partial charge >= 0.3 is 0 Å². The van der Waals surface area contributed by atoms with Crippen molar-refractivity contribution in [3.63, 3.8) is 0 Å². The van der Waals surface area contributed by atoms with Gasteiger partial charge in [-0.3, -0.25) is 4.98 Å². The first-order valence-electron chi connectivity index (χ1n) is 5.99. The van der Waals surface area contributed by atoms with Crippen LogP contribution in [0.15, 0.2) is 53.3 Å². The van der Waals surface area contributed by atoms with E-state index in [4.69, 9.17) is 17.3 Å². The SMILES string of the molecule is Nc1ccc(Nc2cc(Cl)ccc2Br)c2cnccc12. The third-order valence-electron chi connectivity index (χ3n) is 3.05. The zero-order chi connectivity index (χ0) is 14.1. The van der Waals surface area contributed by atoms with Crippen LogP contribution in [-0.2, 0) is 0 Å². The predicted octanol–water partition coefficient (Wildman–Crippen LogP) is 4.98. The van der Waals surface area contributed by atoms with E-state index in [1.54, 1.807) is 12.4 Å². The van der Waals surface area contributed by atoms with Gasteiger partial charge in [-0.2, -0.15) is 0 Å². The Labute approximate surface area is 129 Å². The largest absolute Gasteiger partial charge is 0.398 e. The molecular formula is C15H11BrClN3. The number of benzene rings is 2. The molecule has 0 spiro atoms. The number of hydrogen-bond acceptors (Lipinski definition) is 3. The average molecular weight is 349 g/mol. The number of anilines is 3. The third-order valence-corrected chi connectivity index (χ3v) is 3.98. The fourth-order valence-electron chi connectivity index (χ4n) is 2.06. The second-order valence-corrected chi connectivity index (χ2v) is 5.66. The summed E-state index contributed by atoms with van der Waals surface area (Å²) in [6.45, 7) is 0. The van der Waals surface area contributed by atoms with Crippen LogP contribution in [0.5, 0.6) is 0 Å². The van der Waals surface area contributed by atoms with Crippen LogP contribution in [0.4, 0.5) is 17.1 Å². The van der Waals surface area contributed by atoms with E-state index in [1.165, 1.54) is 0 Å². The molecule has 0 radical (unpaired) electrons. The lowest BCUT2D eigenvalue weighted by atomic mass is 10.1. The summed E-state index contributed by atoms with van der Waals surface area (Å²) in [7, 11) is 0. The quantitative estimate of drug-likeness (QED) is 0.642. The van der Waals surface area contributed by atoms with Gasteiger partial charge in [-0.15, -0.1) is 0 Å². The standard InChI is InChI=1S/C15H11BrClN3/c16-12-2-1-9(17)7-15(12)20-14-4-3-13(18)10-5-6-19-8-11(10)14/h1-8,20H,18H2. The Morgan fingerprint density at radius 3 is 2.75 bits per heavy atom. The molecule has 1 heterocycles. The Balaban J connectivity index is 2.11. The normalized spacial score (nSPS) is 10.7. The van der Waals surface area contributed by atoms with E-state index in [9.17, 15) is 0 Å². The van der Waals surface area contributed by atoms with Crippen molar-refractivity contribution in [1.29, 1.82) is 0 Å².